The first-order valence-corrected chi connectivity index (χ1v) is 12.4. The fraction of sp³-hybridized carbons (Fsp3) is 0.500. The van der Waals surface area contributed by atoms with Gasteiger partial charge in [0.05, 0.1) is 13.0 Å². The Morgan fingerprint density at radius 2 is 2.03 bits per heavy atom. The molecule has 0 unspecified atom stereocenters. The summed E-state index contributed by atoms with van der Waals surface area (Å²) in [6, 6.07) is 3.33. The summed E-state index contributed by atoms with van der Waals surface area (Å²) in [4.78, 5) is 54.9. The van der Waals surface area contributed by atoms with Crippen LogP contribution in [-0.2, 0) is 29.1 Å². The van der Waals surface area contributed by atoms with E-state index in [-0.39, 0.29) is 54.0 Å². The molecule has 0 aliphatic carbocycles. The highest BCUT2D eigenvalue weighted by Gasteiger charge is 2.38. The standard InChI is InChI=1S/C24H30N4O5S/c1-15(2)28-13-17(10-20(28)29)24(32)26-6-4-18-22(23(31)25-12-16-5-9-34-14-16)19(33-3)11-21(30)27(18)8-7-26/h5,9,11,14-15,17H,4,6-8,10,12-13H2,1-3H3,(H,25,31)/t17-/m1/s1. The van der Waals surface area contributed by atoms with Crippen molar-refractivity contribution in [2.75, 3.05) is 26.7 Å². The molecule has 10 heteroatoms. The van der Waals surface area contributed by atoms with Crippen LogP contribution in [0.1, 0.15) is 41.9 Å². The van der Waals surface area contributed by atoms with Gasteiger partial charge in [-0.05, 0) is 36.2 Å². The number of aromatic nitrogens is 1. The van der Waals surface area contributed by atoms with E-state index in [1.54, 1.807) is 25.7 Å². The summed E-state index contributed by atoms with van der Waals surface area (Å²) < 4.78 is 6.96. The number of fused-ring (bicyclic) bond motifs is 1. The lowest BCUT2D eigenvalue weighted by atomic mass is 10.1. The van der Waals surface area contributed by atoms with E-state index in [0.717, 1.165) is 5.56 Å². The number of nitrogens with one attached hydrogen (secondary N) is 1. The van der Waals surface area contributed by atoms with Crippen LogP contribution in [0.5, 0.6) is 5.75 Å². The molecule has 0 saturated carbocycles. The highest BCUT2D eigenvalue weighted by Crippen LogP contribution is 2.26. The molecule has 3 amide bonds. The molecule has 0 spiro atoms. The van der Waals surface area contributed by atoms with Crippen molar-refractivity contribution in [3.05, 3.63) is 50.1 Å². The summed E-state index contributed by atoms with van der Waals surface area (Å²) in [6.45, 7) is 5.67. The molecule has 2 aliphatic heterocycles. The number of hydrogen-bond donors (Lipinski definition) is 1. The van der Waals surface area contributed by atoms with Gasteiger partial charge < -0.3 is 24.4 Å². The topological polar surface area (TPSA) is 101 Å². The van der Waals surface area contributed by atoms with Crippen LogP contribution >= 0.6 is 11.3 Å². The zero-order chi connectivity index (χ0) is 24.4. The van der Waals surface area contributed by atoms with E-state index in [1.807, 2.05) is 30.7 Å². The summed E-state index contributed by atoms with van der Waals surface area (Å²) in [7, 11) is 1.44. The van der Waals surface area contributed by atoms with E-state index >= 15 is 0 Å². The SMILES string of the molecule is COc1cc(=O)n2c(c1C(=O)NCc1ccsc1)CCN(C(=O)[C@@H]1CC(=O)N(C(C)C)C1)CC2. The molecule has 2 aliphatic rings. The van der Waals surface area contributed by atoms with Gasteiger partial charge in [-0.3, -0.25) is 19.2 Å². The lowest BCUT2D eigenvalue weighted by Crippen LogP contribution is -2.40. The summed E-state index contributed by atoms with van der Waals surface area (Å²) >= 11 is 1.55. The van der Waals surface area contributed by atoms with Crippen molar-refractivity contribution in [1.82, 2.24) is 19.7 Å². The number of pyridine rings is 1. The zero-order valence-electron chi connectivity index (χ0n) is 19.7. The molecule has 0 radical (unpaired) electrons. The van der Waals surface area contributed by atoms with Crippen molar-refractivity contribution >= 4 is 29.1 Å². The zero-order valence-corrected chi connectivity index (χ0v) is 20.5. The average molecular weight is 487 g/mol. The number of carbonyl (C=O) groups is 3. The number of methoxy groups -OCH3 is 1. The van der Waals surface area contributed by atoms with Gasteiger partial charge in [0.25, 0.3) is 11.5 Å². The molecule has 0 bridgehead atoms. The Morgan fingerprint density at radius 3 is 2.68 bits per heavy atom. The second-order valence-corrected chi connectivity index (χ2v) is 9.73. The molecule has 1 N–H and O–H groups in total. The predicted molar refractivity (Wildman–Crippen MR) is 128 cm³/mol. The van der Waals surface area contributed by atoms with Gasteiger partial charge in [-0.25, -0.2) is 0 Å². The molecule has 4 heterocycles. The van der Waals surface area contributed by atoms with E-state index < -0.39 is 0 Å². The Kier molecular flexibility index (Phi) is 7.06. The number of nitrogens with zero attached hydrogens (tertiary/aromatic N) is 3. The van der Waals surface area contributed by atoms with E-state index in [2.05, 4.69) is 5.32 Å². The lowest BCUT2D eigenvalue weighted by Gasteiger charge is -2.24. The molecule has 1 fully saturated rings. The Labute approximate surface area is 202 Å². The second kappa shape index (κ2) is 10.0. The normalized spacial score (nSPS) is 18.1. The van der Waals surface area contributed by atoms with Gasteiger partial charge in [-0.2, -0.15) is 11.3 Å². The van der Waals surface area contributed by atoms with Crippen LogP contribution in [0.3, 0.4) is 0 Å². The number of likely N-dealkylation sites (tertiary alicyclic amines) is 1. The van der Waals surface area contributed by atoms with E-state index in [4.69, 9.17) is 4.74 Å². The van der Waals surface area contributed by atoms with Crippen molar-refractivity contribution < 1.29 is 19.1 Å². The quantitative estimate of drug-likeness (QED) is 0.667. The summed E-state index contributed by atoms with van der Waals surface area (Å²) in [5, 5.41) is 6.82. The average Bonchev–Trinajstić information content (AvgIpc) is 3.41. The Bertz CT molecular complexity index is 1140. The van der Waals surface area contributed by atoms with Gasteiger partial charge in [-0.1, -0.05) is 0 Å². The van der Waals surface area contributed by atoms with Crippen molar-refractivity contribution in [2.24, 2.45) is 5.92 Å². The van der Waals surface area contributed by atoms with Gasteiger partial charge in [0, 0.05) is 63.4 Å². The molecule has 1 saturated heterocycles. The highest BCUT2D eigenvalue weighted by atomic mass is 32.1. The third kappa shape index (κ3) is 4.72. The van der Waals surface area contributed by atoms with Gasteiger partial charge in [-0.15, -0.1) is 0 Å². The molecular formula is C24H30N4O5S. The molecule has 9 nitrogen and oxygen atoms in total. The molecular weight excluding hydrogens is 456 g/mol. The van der Waals surface area contributed by atoms with E-state index in [9.17, 15) is 19.2 Å². The molecule has 4 rings (SSSR count). The molecule has 2 aromatic rings. The molecule has 34 heavy (non-hydrogen) atoms. The van der Waals surface area contributed by atoms with Gasteiger partial charge in [0.15, 0.2) is 0 Å². The van der Waals surface area contributed by atoms with Crippen LogP contribution in [0.25, 0.3) is 0 Å². The van der Waals surface area contributed by atoms with Crippen molar-refractivity contribution in [2.45, 2.75) is 45.8 Å². The van der Waals surface area contributed by atoms with Crippen LogP contribution in [-0.4, -0.2) is 64.9 Å². The fourth-order valence-electron chi connectivity index (χ4n) is 4.69. The van der Waals surface area contributed by atoms with Gasteiger partial charge in [0.2, 0.25) is 11.8 Å². The number of thiophene rings is 1. The summed E-state index contributed by atoms with van der Waals surface area (Å²) in [6.07, 6.45) is 0.554. The first kappa shape index (κ1) is 24.0. The first-order chi connectivity index (χ1) is 16.3. The Balaban J connectivity index is 1.55. The van der Waals surface area contributed by atoms with Crippen molar-refractivity contribution in [3.63, 3.8) is 0 Å². The summed E-state index contributed by atoms with van der Waals surface area (Å²) in [5.74, 6) is -0.547. The molecule has 182 valence electrons. The Hall–Kier alpha value is -3.14. The number of amides is 3. The largest absolute Gasteiger partial charge is 0.496 e. The minimum atomic E-state index is -0.379. The molecule has 0 aromatic carbocycles. The molecule has 1 atom stereocenters. The monoisotopic (exact) mass is 486 g/mol. The maximum Gasteiger partial charge on any atom is 0.257 e. The first-order valence-electron chi connectivity index (χ1n) is 11.5. The van der Waals surface area contributed by atoms with Crippen LogP contribution in [0, 0.1) is 5.92 Å². The fourth-order valence-corrected chi connectivity index (χ4v) is 5.36. The van der Waals surface area contributed by atoms with E-state index in [1.165, 1.54) is 13.2 Å². The second-order valence-electron chi connectivity index (χ2n) is 8.95. The smallest absolute Gasteiger partial charge is 0.257 e. The Morgan fingerprint density at radius 1 is 1.24 bits per heavy atom. The van der Waals surface area contributed by atoms with E-state index in [0.29, 0.717) is 43.9 Å². The highest BCUT2D eigenvalue weighted by molar-refractivity contribution is 7.07. The minimum absolute atomic E-state index is 0.00278. The van der Waals surface area contributed by atoms with Crippen LogP contribution in [0.15, 0.2) is 27.7 Å². The third-order valence-electron chi connectivity index (χ3n) is 6.52. The van der Waals surface area contributed by atoms with Gasteiger partial charge in [0.1, 0.15) is 11.3 Å². The van der Waals surface area contributed by atoms with Crippen molar-refractivity contribution in [1.29, 1.82) is 0 Å². The number of ether oxygens (including phenoxy) is 1. The maximum atomic E-state index is 13.2. The third-order valence-corrected chi connectivity index (χ3v) is 7.25. The van der Waals surface area contributed by atoms with Gasteiger partial charge >= 0.3 is 0 Å². The van der Waals surface area contributed by atoms with Crippen LogP contribution < -0.4 is 15.6 Å². The van der Waals surface area contributed by atoms with Crippen LogP contribution in [0.4, 0.5) is 0 Å². The minimum Gasteiger partial charge on any atom is -0.496 e. The number of rotatable bonds is 6. The maximum absolute atomic E-state index is 13.2. The lowest BCUT2D eigenvalue weighted by molar-refractivity contribution is -0.135. The number of hydrogen-bond acceptors (Lipinski definition) is 6. The molecule has 2 aromatic heterocycles. The summed E-state index contributed by atoms with van der Waals surface area (Å²) in [5.41, 5.74) is 1.62. The van der Waals surface area contributed by atoms with Crippen LogP contribution in [0.2, 0.25) is 0 Å². The number of carbonyl (C=O) groups excluding carboxylic acids is 3. The predicted octanol–water partition coefficient (Wildman–Crippen LogP) is 1.49. The van der Waals surface area contributed by atoms with Crippen molar-refractivity contribution in [3.8, 4) is 5.75 Å².